The molecule has 21 heavy (non-hydrogen) atoms. The lowest BCUT2D eigenvalue weighted by molar-refractivity contribution is 0.626. The van der Waals surface area contributed by atoms with E-state index < -0.39 is 0 Å². The van der Waals surface area contributed by atoms with Crippen LogP contribution in [-0.2, 0) is 6.54 Å². The van der Waals surface area contributed by atoms with E-state index in [1.54, 1.807) is 6.07 Å². The van der Waals surface area contributed by atoms with Gasteiger partial charge in [0.25, 0.3) is 0 Å². The average molecular weight is 308 g/mol. The maximum Gasteiger partial charge on any atom is 0.126 e. The number of pyridine rings is 1. The summed E-state index contributed by atoms with van der Waals surface area (Å²) in [6.45, 7) is 6.12. The van der Waals surface area contributed by atoms with Crippen LogP contribution >= 0.6 is 11.6 Å². The zero-order valence-electron chi connectivity index (χ0n) is 12.2. The van der Waals surface area contributed by atoms with Crippen LogP contribution in [0, 0.1) is 5.82 Å². The first-order valence-electron chi connectivity index (χ1n) is 7.03. The molecule has 0 spiro atoms. The number of halogens is 2. The summed E-state index contributed by atoms with van der Waals surface area (Å²) in [5, 5.41) is 3.78. The van der Waals surface area contributed by atoms with E-state index in [9.17, 15) is 4.39 Å². The van der Waals surface area contributed by atoms with Crippen molar-refractivity contribution in [1.29, 1.82) is 0 Å². The Hall–Kier alpha value is -1.81. The quantitative estimate of drug-likeness (QED) is 0.861. The lowest BCUT2D eigenvalue weighted by atomic mass is 10.2. The highest BCUT2D eigenvalue weighted by atomic mass is 35.5. The summed E-state index contributed by atoms with van der Waals surface area (Å²) in [5.74, 6) is 0.554. The van der Waals surface area contributed by atoms with Crippen LogP contribution in [0.2, 0.25) is 5.02 Å². The number of nitrogens with zero attached hydrogens (tertiary/aromatic N) is 2. The average Bonchev–Trinajstić information content (AvgIpc) is 2.48. The molecule has 1 aromatic carbocycles. The SMILES string of the molecule is CCNc1ccc(Cl)c(CN(CC)c2cccc(F)c2)n1. The van der Waals surface area contributed by atoms with Gasteiger partial charge >= 0.3 is 0 Å². The minimum absolute atomic E-state index is 0.244. The van der Waals surface area contributed by atoms with Crippen LogP contribution in [0.15, 0.2) is 36.4 Å². The first-order chi connectivity index (χ1) is 10.1. The van der Waals surface area contributed by atoms with Gasteiger partial charge in [-0.2, -0.15) is 0 Å². The van der Waals surface area contributed by atoms with E-state index in [0.717, 1.165) is 30.3 Å². The minimum Gasteiger partial charge on any atom is -0.370 e. The maximum absolute atomic E-state index is 13.4. The Morgan fingerprint density at radius 3 is 2.71 bits per heavy atom. The number of hydrogen-bond acceptors (Lipinski definition) is 3. The van der Waals surface area contributed by atoms with Crippen LogP contribution in [-0.4, -0.2) is 18.1 Å². The first-order valence-corrected chi connectivity index (χ1v) is 7.41. The van der Waals surface area contributed by atoms with Crippen LogP contribution in [0.5, 0.6) is 0 Å². The van der Waals surface area contributed by atoms with Gasteiger partial charge in [0.1, 0.15) is 11.6 Å². The number of rotatable bonds is 6. The van der Waals surface area contributed by atoms with E-state index in [1.807, 2.05) is 36.9 Å². The summed E-state index contributed by atoms with van der Waals surface area (Å²) >= 11 is 6.23. The summed E-state index contributed by atoms with van der Waals surface area (Å²) < 4.78 is 13.4. The van der Waals surface area contributed by atoms with Crippen molar-refractivity contribution in [2.24, 2.45) is 0 Å². The van der Waals surface area contributed by atoms with Gasteiger partial charge in [0.15, 0.2) is 0 Å². The molecule has 3 nitrogen and oxygen atoms in total. The van der Waals surface area contributed by atoms with Crippen LogP contribution in [0.4, 0.5) is 15.9 Å². The van der Waals surface area contributed by atoms with E-state index in [2.05, 4.69) is 10.3 Å². The molecule has 1 heterocycles. The Kier molecular flexibility index (Phi) is 5.39. The minimum atomic E-state index is -0.244. The first kappa shape index (κ1) is 15.6. The monoisotopic (exact) mass is 307 g/mol. The highest BCUT2D eigenvalue weighted by Gasteiger charge is 2.11. The molecule has 1 aromatic heterocycles. The number of hydrogen-bond donors (Lipinski definition) is 1. The molecule has 0 atom stereocenters. The van der Waals surface area contributed by atoms with Gasteiger partial charge in [-0.05, 0) is 44.2 Å². The van der Waals surface area contributed by atoms with Crippen molar-refractivity contribution in [3.63, 3.8) is 0 Å². The zero-order chi connectivity index (χ0) is 15.2. The van der Waals surface area contributed by atoms with E-state index in [1.165, 1.54) is 12.1 Å². The number of benzene rings is 1. The van der Waals surface area contributed by atoms with Gasteiger partial charge in [-0.3, -0.25) is 0 Å². The molecule has 0 aliphatic carbocycles. The van der Waals surface area contributed by atoms with Crippen LogP contribution < -0.4 is 10.2 Å². The third-order valence-corrected chi connectivity index (χ3v) is 3.52. The molecule has 0 saturated carbocycles. The topological polar surface area (TPSA) is 28.2 Å². The predicted octanol–water partition coefficient (Wildman–Crippen LogP) is 4.33. The molecule has 1 N–H and O–H groups in total. The van der Waals surface area contributed by atoms with Crippen molar-refractivity contribution in [2.75, 3.05) is 23.3 Å². The number of anilines is 2. The Labute approximate surface area is 129 Å². The second-order valence-corrected chi connectivity index (χ2v) is 5.06. The van der Waals surface area contributed by atoms with Crippen molar-refractivity contribution in [2.45, 2.75) is 20.4 Å². The van der Waals surface area contributed by atoms with Crippen molar-refractivity contribution in [3.8, 4) is 0 Å². The highest BCUT2D eigenvalue weighted by molar-refractivity contribution is 6.31. The molecule has 0 unspecified atom stereocenters. The third kappa shape index (κ3) is 4.08. The van der Waals surface area contributed by atoms with Gasteiger partial charge in [-0.25, -0.2) is 9.37 Å². The molecule has 0 saturated heterocycles. The van der Waals surface area contributed by atoms with Crippen LogP contribution in [0.3, 0.4) is 0 Å². The van der Waals surface area contributed by atoms with E-state index >= 15 is 0 Å². The Morgan fingerprint density at radius 1 is 1.24 bits per heavy atom. The Morgan fingerprint density at radius 2 is 2.05 bits per heavy atom. The fourth-order valence-electron chi connectivity index (χ4n) is 2.11. The molecule has 0 fully saturated rings. The number of nitrogens with one attached hydrogen (secondary N) is 1. The summed E-state index contributed by atoms with van der Waals surface area (Å²) in [7, 11) is 0. The molecule has 0 bridgehead atoms. The molecule has 0 radical (unpaired) electrons. The Balaban J connectivity index is 2.24. The summed E-state index contributed by atoms with van der Waals surface area (Å²) in [4.78, 5) is 6.55. The standard InChI is InChI=1S/C16H19ClFN3/c1-3-19-16-9-8-14(17)15(20-16)11-21(4-2)13-7-5-6-12(18)10-13/h5-10H,3-4,11H2,1-2H3,(H,19,20). The molecule has 0 aliphatic heterocycles. The molecule has 0 amide bonds. The fraction of sp³-hybridized carbons (Fsp3) is 0.312. The van der Waals surface area contributed by atoms with Crippen molar-refractivity contribution in [1.82, 2.24) is 4.98 Å². The summed E-state index contributed by atoms with van der Waals surface area (Å²) in [5.41, 5.74) is 1.60. The molecule has 112 valence electrons. The van der Waals surface area contributed by atoms with Crippen molar-refractivity contribution < 1.29 is 4.39 Å². The normalized spacial score (nSPS) is 10.5. The number of aromatic nitrogens is 1. The maximum atomic E-state index is 13.4. The molecule has 5 heteroatoms. The van der Waals surface area contributed by atoms with Gasteiger partial charge < -0.3 is 10.2 Å². The van der Waals surface area contributed by atoms with E-state index in [0.29, 0.717) is 11.6 Å². The van der Waals surface area contributed by atoms with Crippen molar-refractivity contribution >= 4 is 23.1 Å². The van der Waals surface area contributed by atoms with Gasteiger partial charge in [0, 0.05) is 18.8 Å². The molecule has 2 aromatic rings. The lowest BCUT2D eigenvalue weighted by Crippen LogP contribution is -2.23. The van der Waals surface area contributed by atoms with E-state index in [4.69, 9.17) is 11.6 Å². The smallest absolute Gasteiger partial charge is 0.126 e. The fourth-order valence-corrected chi connectivity index (χ4v) is 2.28. The van der Waals surface area contributed by atoms with Crippen LogP contribution in [0.25, 0.3) is 0 Å². The second kappa shape index (κ2) is 7.27. The predicted molar refractivity (Wildman–Crippen MR) is 86.5 cm³/mol. The van der Waals surface area contributed by atoms with Crippen molar-refractivity contribution in [3.05, 3.63) is 52.9 Å². The van der Waals surface area contributed by atoms with Gasteiger partial charge in [0.2, 0.25) is 0 Å². The largest absolute Gasteiger partial charge is 0.370 e. The summed E-state index contributed by atoms with van der Waals surface area (Å²) in [6, 6.07) is 10.2. The molecular formula is C16H19ClFN3. The molecular weight excluding hydrogens is 289 g/mol. The van der Waals surface area contributed by atoms with Gasteiger partial charge in [-0.15, -0.1) is 0 Å². The zero-order valence-corrected chi connectivity index (χ0v) is 13.0. The molecule has 0 aliphatic rings. The van der Waals surface area contributed by atoms with E-state index in [-0.39, 0.29) is 5.82 Å². The lowest BCUT2D eigenvalue weighted by Gasteiger charge is -2.23. The highest BCUT2D eigenvalue weighted by Crippen LogP contribution is 2.22. The third-order valence-electron chi connectivity index (χ3n) is 3.17. The van der Waals surface area contributed by atoms with Gasteiger partial charge in [0.05, 0.1) is 17.3 Å². The Bertz CT molecular complexity index is 604. The second-order valence-electron chi connectivity index (χ2n) is 4.65. The van der Waals surface area contributed by atoms with Crippen LogP contribution in [0.1, 0.15) is 19.5 Å². The summed E-state index contributed by atoms with van der Waals surface area (Å²) in [6.07, 6.45) is 0. The molecule has 2 rings (SSSR count). The van der Waals surface area contributed by atoms with Gasteiger partial charge in [-0.1, -0.05) is 17.7 Å².